The van der Waals surface area contributed by atoms with Crippen molar-refractivity contribution in [2.45, 2.75) is 12.6 Å². The zero-order valence-corrected chi connectivity index (χ0v) is 12.7. The predicted molar refractivity (Wildman–Crippen MR) is 78.7 cm³/mol. The highest BCUT2D eigenvalue weighted by atomic mass is 35.5. The minimum absolute atomic E-state index is 0.0756. The minimum atomic E-state index is -0.0756. The van der Waals surface area contributed by atoms with Crippen LogP contribution in [0.5, 0.6) is 0 Å². The van der Waals surface area contributed by atoms with Gasteiger partial charge in [-0.25, -0.2) is 9.97 Å². The van der Waals surface area contributed by atoms with E-state index >= 15 is 0 Å². The minimum Gasteiger partial charge on any atom is -0.308 e. The third kappa shape index (κ3) is 3.33. The molecule has 0 aliphatic heterocycles. The van der Waals surface area contributed by atoms with E-state index in [1.54, 1.807) is 18.6 Å². The van der Waals surface area contributed by atoms with E-state index in [1.165, 1.54) is 6.33 Å². The van der Waals surface area contributed by atoms with Crippen LogP contribution in [-0.2, 0) is 6.54 Å². The smallest absolute Gasteiger partial charge is 0.115 e. The molecule has 1 N–H and O–H groups in total. The summed E-state index contributed by atoms with van der Waals surface area (Å²) in [6, 6.07) is -0.0756. The number of rotatable bonds is 6. The number of nitrogens with zero attached hydrogens (tertiary/aromatic N) is 5. The number of aromatic nitrogens is 4. The Labute approximate surface area is 123 Å². The number of likely N-dealkylation sites (N-methyl/N-ethyl adjacent to an activating group) is 1. The normalized spacial score (nSPS) is 12.8. The fourth-order valence-corrected chi connectivity index (χ4v) is 2.30. The Morgan fingerprint density at radius 1 is 1.30 bits per heavy atom. The van der Waals surface area contributed by atoms with Crippen LogP contribution in [0.4, 0.5) is 0 Å². The SMILES string of the molecule is CNC(c1cncnc1)c1c(Cl)cnn1CCN(C)C. The Bertz CT molecular complexity index is 539. The lowest BCUT2D eigenvalue weighted by Crippen LogP contribution is -2.25. The summed E-state index contributed by atoms with van der Waals surface area (Å²) >= 11 is 6.31. The molecule has 0 saturated carbocycles. The highest BCUT2D eigenvalue weighted by molar-refractivity contribution is 6.31. The van der Waals surface area contributed by atoms with Crippen LogP contribution in [0.15, 0.2) is 24.9 Å². The molecule has 0 aliphatic carbocycles. The van der Waals surface area contributed by atoms with Gasteiger partial charge in [0.25, 0.3) is 0 Å². The van der Waals surface area contributed by atoms with E-state index in [-0.39, 0.29) is 6.04 Å². The molecule has 1 atom stereocenters. The van der Waals surface area contributed by atoms with Gasteiger partial charge in [0.1, 0.15) is 6.33 Å². The third-order valence-electron chi connectivity index (χ3n) is 3.07. The average molecular weight is 295 g/mol. The van der Waals surface area contributed by atoms with E-state index in [9.17, 15) is 0 Å². The summed E-state index contributed by atoms with van der Waals surface area (Å²) in [7, 11) is 5.95. The summed E-state index contributed by atoms with van der Waals surface area (Å²) in [5, 5.41) is 8.26. The van der Waals surface area contributed by atoms with Crippen molar-refractivity contribution >= 4 is 11.6 Å². The third-order valence-corrected chi connectivity index (χ3v) is 3.36. The molecule has 0 amide bonds. The number of hydrogen-bond acceptors (Lipinski definition) is 5. The molecular formula is C13H19ClN6. The van der Waals surface area contributed by atoms with Gasteiger partial charge in [-0.2, -0.15) is 5.10 Å². The first-order chi connectivity index (χ1) is 9.63. The highest BCUT2D eigenvalue weighted by Gasteiger charge is 2.21. The molecule has 0 bridgehead atoms. The summed E-state index contributed by atoms with van der Waals surface area (Å²) in [6.45, 7) is 1.67. The zero-order chi connectivity index (χ0) is 14.5. The average Bonchev–Trinajstić information content (AvgIpc) is 2.80. The van der Waals surface area contributed by atoms with Gasteiger partial charge in [-0.15, -0.1) is 0 Å². The maximum atomic E-state index is 6.31. The molecule has 6 nitrogen and oxygen atoms in total. The number of nitrogens with one attached hydrogen (secondary N) is 1. The van der Waals surface area contributed by atoms with Gasteiger partial charge in [0, 0.05) is 24.5 Å². The largest absolute Gasteiger partial charge is 0.308 e. The second-order valence-electron chi connectivity index (χ2n) is 4.80. The maximum Gasteiger partial charge on any atom is 0.115 e. The summed E-state index contributed by atoms with van der Waals surface area (Å²) in [5.74, 6) is 0. The van der Waals surface area contributed by atoms with Crippen molar-refractivity contribution in [2.24, 2.45) is 0 Å². The lowest BCUT2D eigenvalue weighted by atomic mass is 10.1. The summed E-state index contributed by atoms with van der Waals surface area (Å²) < 4.78 is 1.93. The fourth-order valence-electron chi connectivity index (χ4n) is 2.05. The van der Waals surface area contributed by atoms with Gasteiger partial charge in [-0.3, -0.25) is 4.68 Å². The van der Waals surface area contributed by atoms with Crippen LogP contribution in [0.2, 0.25) is 5.02 Å². The fraction of sp³-hybridized carbons (Fsp3) is 0.462. The summed E-state index contributed by atoms with van der Waals surface area (Å²) in [4.78, 5) is 10.2. The highest BCUT2D eigenvalue weighted by Crippen LogP contribution is 2.27. The van der Waals surface area contributed by atoms with Crippen LogP contribution in [0.3, 0.4) is 0 Å². The van der Waals surface area contributed by atoms with Crippen molar-refractivity contribution in [2.75, 3.05) is 27.7 Å². The van der Waals surface area contributed by atoms with Crippen LogP contribution in [0.1, 0.15) is 17.3 Å². The van der Waals surface area contributed by atoms with Gasteiger partial charge >= 0.3 is 0 Å². The molecule has 2 rings (SSSR count). The second kappa shape index (κ2) is 6.78. The van der Waals surface area contributed by atoms with Crippen molar-refractivity contribution in [3.63, 3.8) is 0 Å². The lowest BCUT2D eigenvalue weighted by Gasteiger charge is -2.19. The zero-order valence-electron chi connectivity index (χ0n) is 11.9. The number of hydrogen-bond donors (Lipinski definition) is 1. The van der Waals surface area contributed by atoms with E-state index < -0.39 is 0 Å². The molecule has 0 aromatic carbocycles. The molecule has 0 aliphatic rings. The van der Waals surface area contributed by atoms with Gasteiger partial charge < -0.3 is 10.2 Å². The van der Waals surface area contributed by atoms with Crippen LogP contribution in [-0.4, -0.2) is 52.3 Å². The van der Waals surface area contributed by atoms with Crippen molar-refractivity contribution in [3.05, 3.63) is 41.2 Å². The van der Waals surface area contributed by atoms with Crippen LogP contribution < -0.4 is 5.32 Å². The van der Waals surface area contributed by atoms with Crippen LogP contribution >= 0.6 is 11.6 Å². The van der Waals surface area contributed by atoms with E-state index in [0.717, 1.165) is 24.3 Å². The molecule has 2 heterocycles. The van der Waals surface area contributed by atoms with E-state index in [1.807, 2.05) is 25.8 Å². The Morgan fingerprint density at radius 3 is 2.60 bits per heavy atom. The van der Waals surface area contributed by atoms with E-state index in [2.05, 4.69) is 25.3 Å². The van der Waals surface area contributed by atoms with Gasteiger partial charge in [0.2, 0.25) is 0 Å². The van der Waals surface area contributed by atoms with Crippen molar-refractivity contribution < 1.29 is 0 Å². The topological polar surface area (TPSA) is 58.9 Å². The molecule has 0 fully saturated rings. The molecule has 2 aromatic heterocycles. The first-order valence-electron chi connectivity index (χ1n) is 6.41. The second-order valence-corrected chi connectivity index (χ2v) is 5.20. The Kier molecular flexibility index (Phi) is 5.05. The van der Waals surface area contributed by atoms with Gasteiger partial charge in [0.15, 0.2) is 0 Å². The molecule has 7 heteroatoms. The molecule has 1 unspecified atom stereocenters. The van der Waals surface area contributed by atoms with Crippen molar-refractivity contribution in [1.82, 2.24) is 30.0 Å². The molecule has 0 spiro atoms. The molecule has 108 valence electrons. The molecule has 20 heavy (non-hydrogen) atoms. The first-order valence-corrected chi connectivity index (χ1v) is 6.79. The van der Waals surface area contributed by atoms with Crippen LogP contribution in [0.25, 0.3) is 0 Å². The maximum absolute atomic E-state index is 6.31. The van der Waals surface area contributed by atoms with E-state index in [0.29, 0.717) is 5.02 Å². The summed E-state index contributed by atoms with van der Waals surface area (Å²) in [6.07, 6.45) is 6.77. The molecular weight excluding hydrogens is 276 g/mol. The Hall–Kier alpha value is -1.50. The molecule has 0 radical (unpaired) electrons. The monoisotopic (exact) mass is 294 g/mol. The molecule has 0 saturated heterocycles. The van der Waals surface area contributed by atoms with Crippen LogP contribution in [0, 0.1) is 0 Å². The lowest BCUT2D eigenvalue weighted by molar-refractivity contribution is 0.366. The molecule has 2 aromatic rings. The Morgan fingerprint density at radius 2 is 2.00 bits per heavy atom. The standard InChI is InChI=1S/C13H19ClN6/c1-15-12(10-6-16-9-17-7-10)13-11(14)8-18-20(13)5-4-19(2)3/h6-9,12,15H,4-5H2,1-3H3. The van der Waals surface area contributed by atoms with Gasteiger partial charge in [-0.1, -0.05) is 11.6 Å². The van der Waals surface area contributed by atoms with Gasteiger partial charge in [-0.05, 0) is 21.1 Å². The number of halogens is 1. The van der Waals surface area contributed by atoms with Crippen molar-refractivity contribution in [3.8, 4) is 0 Å². The van der Waals surface area contributed by atoms with Crippen molar-refractivity contribution in [1.29, 1.82) is 0 Å². The predicted octanol–water partition coefficient (Wildman–Crippen LogP) is 1.20. The first kappa shape index (κ1) is 14.9. The van der Waals surface area contributed by atoms with Gasteiger partial charge in [0.05, 0.1) is 29.5 Å². The summed E-state index contributed by atoms with van der Waals surface area (Å²) in [5.41, 5.74) is 1.90. The van der Waals surface area contributed by atoms with E-state index in [4.69, 9.17) is 11.6 Å². The quantitative estimate of drug-likeness (QED) is 0.867. The Balaban J connectivity index is 2.32.